The molecule has 94 valence electrons. The van der Waals surface area contributed by atoms with Gasteiger partial charge in [0.15, 0.2) is 5.84 Å². The van der Waals surface area contributed by atoms with E-state index in [0.29, 0.717) is 12.2 Å². The van der Waals surface area contributed by atoms with Crippen molar-refractivity contribution in [2.75, 3.05) is 32.2 Å². The Kier molecular flexibility index (Phi) is 4.71. The Labute approximate surface area is 101 Å². The molecule has 6 heteroatoms. The minimum absolute atomic E-state index is 0.0805. The van der Waals surface area contributed by atoms with Crippen LogP contribution in [0.25, 0.3) is 0 Å². The van der Waals surface area contributed by atoms with E-state index >= 15 is 0 Å². The van der Waals surface area contributed by atoms with Crippen LogP contribution in [0.1, 0.15) is 11.3 Å². The standard InChI is InChI=1S/C11H18N4O2/c1-8-6-9(11(12)14-16)7-10(13-8)15(2)4-5-17-3/h6-7,16H,4-5H2,1-3H3,(H2,12,14). The molecule has 0 fully saturated rings. The molecule has 1 heterocycles. The fourth-order valence-corrected chi connectivity index (χ4v) is 1.39. The molecule has 0 unspecified atom stereocenters. The average Bonchev–Trinajstić information content (AvgIpc) is 2.34. The zero-order chi connectivity index (χ0) is 12.8. The third-order valence-corrected chi connectivity index (χ3v) is 2.37. The highest BCUT2D eigenvalue weighted by Crippen LogP contribution is 2.13. The van der Waals surface area contributed by atoms with Crippen molar-refractivity contribution < 1.29 is 9.94 Å². The number of rotatable bonds is 5. The molecule has 0 aliphatic rings. The SMILES string of the molecule is COCCN(C)c1cc(/C(N)=N/O)cc(C)n1. The molecule has 0 bridgehead atoms. The molecule has 0 spiro atoms. The molecule has 0 saturated heterocycles. The van der Waals surface area contributed by atoms with E-state index in [1.165, 1.54) is 0 Å². The summed E-state index contributed by atoms with van der Waals surface area (Å²) in [5.41, 5.74) is 7.03. The molecule has 6 nitrogen and oxygen atoms in total. The number of aryl methyl sites for hydroxylation is 1. The fraction of sp³-hybridized carbons (Fsp3) is 0.455. The molecule has 17 heavy (non-hydrogen) atoms. The van der Waals surface area contributed by atoms with Crippen LogP contribution in [-0.2, 0) is 4.74 Å². The van der Waals surface area contributed by atoms with Gasteiger partial charge in [0.2, 0.25) is 0 Å². The fourth-order valence-electron chi connectivity index (χ4n) is 1.39. The largest absolute Gasteiger partial charge is 0.409 e. The van der Waals surface area contributed by atoms with Gasteiger partial charge in [-0.15, -0.1) is 0 Å². The maximum Gasteiger partial charge on any atom is 0.170 e. The highest BCUT2D eigenvalue weighted by Gasteiger charge is 2.07. The van der Waals surface area contributed by atoms with Crippen molar-refractivity contribution in [1.29, 1.82) is 0 Å². The van der Waals surface area contributed by atoms with E-state index in [0.717, 1.165) is 18.1 Å². The van der Waals surface area contributed by atoms with Crippen molar-refractivity contribution in [3.8, 4) is 0 Å². The van der Waals surface area contributed by atoms with E-state index in [2.05, 4.69) is 10.1 Å². The third-order valence-electron chi connectivity index (χ3n) is 2.37. The summed E-state index contributed by atoms with van der Waals surface area (Å²) in [6.07, 6.45) is 0. The van der Waals surface area contributed by atoms with E-state index in [1.54, 1.807) is 19.2 Å². The summed E-state index contributed by atoms with van der Waals surface area (Å²) in [6.45, 7) is 3.20. The van der Waals surface area contributed by atoms with Crippen molar-refractivity contribution in [2.24, 2.45) is 10.9 Å². The second kappa shape index (κ2) is 6.05. The van der Waals surface area contributed by atoms with Gasteiger partial charge in [-0.05, 0) is 19.1 Å². The Morgan fingerprint density at radius 1 is 1.59 bits per heavy atom. The molecule has 0 aliphatic heterocycles. The van der Waals surface area contributed by atoms with E-state index in [1.807, 2.05) is 18.9 Å². The first-order chi connectivity index (χ1) is 8.08. The summed E-state index contributed by atoms with van der Waals surface area (Å²) in [4.78, 5) is 6.33. The molecule has 1 rings (SSSR count). The number of nitrogens with two attached hydrogens (primary N) is 1. The molecular weight excluding hydrogens is 220 g/mol. The van der Waals surface area contributed by atoms with Crippen LogP contribution in [0.2, 0.25) is 0 Å². The second-order valence-corrected chi connectivity index (χ2v) is 3.75. The Balaban J connectivity index is 2.96. The number of hydrogen-bond donors (Lipinski definition) is 2. The zero-order valence-electron chi connectivity index (χ0n) is 10.3. The van der Waals surface area contributed by atoms with Crippen LogP contribution in [0.15, 0.2) is 17.3 Å². The number of aromatic nitrogens is 1. The second-order valence-electron chi connectivity index (χ2n) is 3.75. The average molecular weight is 238 g/mol. The van der Waals surface area contributed by atoms with Gasteiger partial charge >= 0.3 is 0 Å². The zero-order valence-corrected chi connectivity index (χ0v) is 10.3. The number of amidine groups is 1. The quantitative estimate of drug-likeness (QED) is 0.339. The Morgan fingerprint density at radius 2 is 2.29 bits per heavy atom. The number of pyridine rings is 1. The van der Waals surface area contributed by atoms with Crippen LogP contribution in [0.5, 0.6) is 0 Å². The van der Waals surface area contributed by atoms with Crippen molar-refractivity contribution in [2.45, 2.75) is 6.92 Å². The minimum Gasteiger partial charge on any atom is -0.409 e. The van der Waals surface area contributed by atoms with Gasteiger partial charge in [-0.25, -0.2) is 4.98 Å². The van der Waals surface area contributed by atoms with Crippen molar-refractivity contribution in [3.63, 3.8) is 0 Å². The number of nitrogens with zero attached hydrogens (tertiary/aromatic N) is 3. The summed E-state index contributed by atoms with van der Waals surface area (Å²) in [7, 11) is 3.57. The lowest BCUT2D eigenvalue weighted by Gasteiger charge is -2.18. The van der Waals surface area contributed by atoms with E-state index in [9.17, 15) is 0 Å². The summed E-state index contributed by atoms with van der Waals surface area (Å²) in [6, 6.07) is 3.54. The first-order valence-electron chi connectivity index (χ1n) is 5.25. The summed E-state index contributed by atoms with van der Waals surface area (Å²) < 4.78 is 5.01. The maximum absolute atomic E-state index is 8.66. The predicted octanol–water partition coefficient (Wildman–Crippen LogP) is 0.567. The van der Waals surface area contributed by atoms with Crippen LogP contribution < -0.4 is 10.6 Å². The number of oxime groups is 1. The first-order valence-corrected chi connectivity index (χ1v) is 5.25. The van der Waals surface area contributed by atoms with Crippen LogP contribution in [0.3, 0.4) is 0 Å². The summed E-state index contributed by atoms with van der Waals surface area (Å²) in [5.74, 6) is 0.848. The van der Waals surface area contributed by atoms with Gasteiger partial charge in [0.25, 0.3) is 0 Å². The monoisotopic (exact) mass is 238 g/mol. The van der Waals surface area contributed by atoms with Crippen molar-refractivity contribution >= 4 is 11.7 Å². The number of likely N-dealkylation sites (N-methyl/N-ethyl adjacent to an activating group) is 1. The minimum atomic E-state index is 0.0805. The van der Waals surface area contributed by atoms with Gasteiger partial charge in [-0.2, -0.15) is 0 Å². The van der Waals surface area contributed by atoms with Gasteiger partial charge in [0.05, 0.1) is 6.61 Å². The normalized spacial score (nSPS) is 11.6. The number of anilines is 1. The Bertz CT molecular complexity index is 406. The van der Waals surface area contributed by atoms with Gasteiger partial charge in [0, 0.05) is 32.0 Å². The molecule has 0 atom stereocenters. The van der Waals surface area contributed by atoms with Crippen LogP contribution in [0, 0.1) is 6.92 Å². The lowest BCUT2D eigenvalue weighted by atomic mass is 10.2. The van der Waals surface area contributed by atoms with Crippen LogP contribution in [-0.4, -0.2) is 43.3 Å². The number of ether oxygens (including phenoxy) is 1. The van der Waals surface area contributed by atoms with Gasteiger partial charge in [0.1, 0.15) is 5.82 Å². The van der Waals surface area contributed by atoms with Gasteiger partial charge in [-0.1, -0.05) is 5.16 Å². The van der Waals surface area contributed by atoms with Crippen LogP contribution in [0.4, 0.5) is 5.82 Å². The maximum atomic E-state index is 8.66. The topological polar surface area (TPSA) is 84.0 Å². The van der Waals surface area contributed by atoms with Crippen LogP contribution >= 0.6 is 0 Å². The van der Waals surface area contributed by atoms with E-state index < -0.39 is 0 Å². The van der Waals surface area contributed by atoms with E-state index in [4.69, 9.17) is 15.7 Å². The highest BCUT2D eigenvalue weighted by molar-refractivity contribution is 5.97. The highest BCUT2D eigenvalue weighted by atomic mass is 16.5. The van der Waals surface area contributed by atoms with Gasteiger partial charge in [-0.3, -0.25) is 0 Å². The molecule has 1 aromatic heterocycles. The molecule has 3 N–H and O–H groups in total. The molecule has 0 saturated carbocycles. The van der Waals surface area contributed by atoms with Crippen molar-refractivity contribution in [3.05, 3.63) is 23.4 Å². The van der Waals surface area contributed by atoms with Gasteiger partial charge < -0.3 is 20.6 Å². The Hall–Kier alpha value is -1.82. The molecule has 0 aromatic carbocycles. The molecular formula is C11H18N4O2. The first kappa shape index (κ1) is 13.2. The summed E-state index contributed by atoms with van der Waals surface area (Å²) >= 11 is 0. The number of hydrogen-bond acceptors (Lipinski definition) is 5. The number of methoxy groups -OCH3 is 1. The Morgan fingerprint density at radius 3 is 2.88 bits per heavy atom. The predicted molar refractivity (Wildman–Crippen MR) is 66.6 cm³/mol. The summed E-state index contributed by atoms with van der Waals surface area (Å²) in [5, 5.41) is 11.6. The molecule has 0 radical (unpaired) electrons. The smallest absolute Gasteiger partial charge is 0.170 e. The molecule has 0 amide bonds. The lowest BCUT2D eigenvalue weighted by molar-refractivity contribution is 0.206. The van der Waals surface area contributed by atoms with Crippen molar-refractivity contribution in [1.82, 2.24) is 4.98 Å². The van der Waals surface area contributed by atoms with E-state index in [-0.39, 0.29) is 5.84 Å². The molecule has 0 aliphatic carbocycles. The third kappa shape index (κ3) is 3.60. The lowest BCUT2D eigenvalue weighted by Crippen LogP contribution is -2.24. The molecule has 1 aromatic rings.